The normalized spacial score (nSPS) is 16.4. The molecule has 71 heavy (non-hydrogen) atoms. The van der Waals surface area contributed by atoms with Gasteiger partial charge in [0, 0.05) is 80.3 Å². The zero-order chi connectivity index (χ0) is 49.4. The molecule has 3 aliphatic rings. The molecule has 4 heterocycles. The number of aryl methyl sites for hydroxylation is 2. The van der Waals surface area contributed by atoms with Crippen LogP contribution in [0.2, 0.25) is 0 Å². The topological polar surface area (TPSA) is 129 Å². The molecule has 1 aliphatic carbocycles. The third kappa shape index (κ3) is 11.4. The van der Waals surface area contributed by atoms with Crippen LogP contribution in [0.15, 0.2) is 103 Å². The molecule has 372 valence electrons. The molecule has 2 aromatic heterocycles. The summed E-state index contributed by atoms with van der Waals surface area (Å²) in [5.74, 6) is -1.85. The number of carbonyl (C=O) groups is 2. The number of carbonyl (C=O) groups excluding carboxylic acids is 2. The Morgan fingerprint density at radius 3 is 1.82 bits per heavy atom. The maximum Gasteiger partial charge on any atom is 0.256 e. The zero-order valence-corrected chi connectivity index (χ0v) is 40.2. The van der Waals surface area contributed by atoms with Crippen molar-refractivity contribution in [3.8, 4) is 11.5 Å². The molecular weight excluding hydrogens is 909 g/mol. The average Bonchev–Trinajstić information content (AvgIpc) is 3.95. The van der Waals surface area contributed by atoms with Gasteiger partial charge in [-0.25, -0.2) is 17.6 Å². The third-order valence-corrected chi connectivity index (χ3v) is 14.5. The number of ether oxygens (including phenoxy) is 2. The SMILES string of the molecule is CCCCCN(CCCc1c[nH]c2ccc(F)cc12)C1COc2c(F)ccc(C(N)=O)c2C1.O=C(Nc1ccccc1)c1ccc(F)c2c1CC(N(CCCc1c[nH]c3ccc(F)cc13)C1CCC1)CO2. The summed E-state index contributed by atoms with van der Waals surface area (Å²) in [5, 5.41) is 4.78. The monoisotopic (exact) mass is 970 g/mol. The highest BCUT2D eigenvalue weighted by Gasteiger charge is 2.36. The maximum atomic E-state index is 14.7. The number of aromatic amines is 2. The predicted molar refractivity (Wildman–Crippen MR) is 270 cm³/mol. The number of hydrogen-bond donors (Lipinski definition) is 4. The van der Waals surface area contributed by atoms with Crippen molar-refractivity contribution in [2.45, 2.75) is 102 Å². The number of primary amides is 1. The van der Waals surface area contributed by atoms with E-state index in [-0.39, 0.29) is 41.1 Å². The van der Waals surface area contributed by atoms with Gasteiger partial charge in [0.1, 0.15) is 24.8 Å². The van der Waals surface area contributed by atoms with Gasteiger partial charge in [0.05, 0.1) is 0 Å². The molecule has 0 radical (unpaired) electrons. The number of amides is 2. The van der Waals surface area contributed by atoms with Crippen molar-refractivity contribution in [3.63, 3.8) is 0 Å². The van der Waals surface area contributed by atoms with Crippen molar-refractivity contribution in [1.82, 2.24) is 19.8 Å². The number of fused-ring (bicyclic) bond motifs is 4. The summed E-state index contributed by atoms with van der Waals surface area (Å²) >= 11 is 0. The van der Waals surface area contributed by atoms with Gasteiger partial charge in [-0.05, 0) is 161 Å². The van der Waals surface area contributed by atoms with Crippen molar-refractivity contribution in [1.29, 1.82) is 0 Å². The summed E-state index contributed by atoms with van der Waals surface area (Å²) < 4.78 is 68.3. The zero-order valence-electron chi connectivity index (χ0n) is 40.2. The van der Waals surface area contributed by atoms with Gasteiger partial charge in [-0.2, -0.15) is 0 Å². The van der Waals surface area contributed by atoms with Crippen molar-refractivity contribution in [2.75, 3.05) is 38.2 Å². The van der Waals surface area contributed by atoms with E-state index < -0.39 is 17.5 Å². The average molecular weight is 971 g/mol. The molecule has 14 heteroatoms. The van der Waals surface area contributed by atoms with Crippen LogP contribution < -0.4 is 20.5 Å². The van der Waals surface area contributed by atoms with E-state index in [0.717, 1.165) is 110 Å². The first kappa shape index (κ1) is 49.3. The fourth-order valence-corrected chi connectivity index (χ4v) is 10.5. The summed E-state index contributed by atoms with van der Waals surface area (Å²) in [6, 6.07) is 25.0. The minimum atomic E-state index is -0.570. The summed E-state index contributed by atoms with van der Waals surface area (Å²) in [4.78, 5) is 36.4. The van der Waals surface area contributed by atoms with Gasteiger partial charge < -0.3 is 30.5 Å². The van der Waals surface area contributed by atoms with Crippen LogP contribution in [0.25, 0.3) is 21.8 Å². The molecule has 2 amide bonds. The van der Waals surface area contributed by atoms with Crippen molar-refractivity contribution >= 4 is 39.3 Å². The lowest BCUT2D eigenvalue weighted by atomic mass is 9.87. The molecule has 2 aliphatic heterocycles. The summed E-state index contributed by atoms with van der Waals surface area (Å²) in [5.41, 5.74) is 12.3. The van der Waals surface area contributed by atoms with Gasteiger partial charge >= 0.3 is 0 Å². The quantitative estimate of drug-likeness (QED) is 0.0501. The van der Waals surface area contributed by atoms with E-state index in [0.29, 0.717) is 60.0 Å². The van der Waals surface area contributed by atoms with Crippen LogP contribution in [-0.4, -0.2) is 82.6 Å². The largest absolute Gasteiger partial charge is 0.489 e. The van der Waals surface area contributed by atoms with Gasteiger partial charge in [-0.3, -0.25) is 19.4 Å². The van der Waals surface area contributed by atoms with E-state index in [1.54, 1.807) is 30.3 Å². The number of nitrogens with one attached hydrogen (secondary N) is 3. The molecule has 0 saturated heterocycles. The van der Waals surface area contributed by atoms with Gasteiger partial charge in [-0.15, -0.1) is 0 Å². The Labute approximate surface area is 411 Å². The number of aromatic nitrogens is 2. The third-order valence-electron chi connectivity index (χ3n) is 14.5. The fraction of sp³-hybridized carbons (Fsp3) is 0.368. The number of rotatable bonds is 18. The molecule has 10 nitrogen and oxygen atoms in total. The first-order valence-corrected chi connectivity index (χ1v) is 25.1. The van der Waals surface area contributed by atoms with E-state index in [1.165, 1.54) is 36.8 Å². The molecule has 0 spiro atoms. The second-order valence-corrected chi connectivity index (χ2v) is 19.1. The Kier molecular flexibility index (Phi) is 15.7. The Morgan fingerprint density at radius 1 is 0.662 bits per heavy atom. The van der Waals surface area contributed by atoms with Crippen LogP contribution in [0, 0.1) is 23.3 Å². The molecule has 5 aromatic carbocycles. The molecule has 2 unspecified atom stereocenters. The molecule has 7 aromatic rings. The summed E-state index contributed by atoms with van der Waals surface area (Å²) in [6.45, 7) is 5.52. The van der Waals surface area contributed by atoms with E-state index in [1.807, 2.05) is 42.7 Å². The highest BCUT2D eigenvalue weighted by molar-refractivity contribution is 6.05. The van der Waals surface area contributed by atoms with Crippen LogP contribution in [0.5, 0.6) is 11.5 Å². The highest BCUT2D eigenvalue weighted by atomic mass is 19.1. The first-order chi connectivity index (χ1) is 34.5. The van der Waals surface area contributed by atoms with Gasteiger partial charge in [0.25, 0.3) is 5.91 Å². The van der Waals surface area contributed by atoms with Gasteiger partial charge in [-0.1, -0.05) is 44.4 Å². The Bertz CT molecular complexity index is 2970. The lowest BCUT2D eigenvalue weighted by molar-refractivity contribution is 0.0422. The second-order valence-electron chi connectivity index (χ2n) is 19.1. The Morgan fingerprint density at radius 2 is 1.23 bits per heavy atom. The van der Waals surface area contributed by atoms with Crippen LogP contribution in [-0.2, 0) is 25.7 Å². The number of benzene rings is 5. The minimum Gasteiger partial charge on any atom is -0.489 e. The van der Waals surface area contributed by atoms with E-state index >= 15 is 0 Å². The lowest BCUT2D eigenvalue weighted by Crippen LogP contribution is -2.51. The highest BCUT2D eigenvalue weighted by Crippen LogP contribution is 2.37. The van der Waals surface area contributed by atoms with Crippen LogP contribution in [0.1, 0.15) is 101 Å². The molecule has 1 fully saturated rings. The van der Waals surface area contributed by atoms with Gasteiger partial charge in [0.2, 0.25) is 5.91 Å². The number of nitrogens with two attached hydrogens (primary N) is 1. The fourth-order valence-electron chi connectivity index (χ4n) is 10.5. The molecule has 1 saturated carbocycles. The molecule has 0 bridgehead atoms. The van der Waals surface area contributed by atoms with Crippen molar-refractivity contribution < 1.29 is 36.6 Å². The maximum absolute atomic E-state index is 14.7. The number of unbranched alkanes of at least 4 members (excludes halogenated alkanes) is 2. The Balaban J connectivity index is 0.000000178. The van der Waals surface area contributed by atoms with Gasteiger partial charge in [0.15, 0.2) is 23.1 Å². The van der Waals surface area contributed by atoms with E-state index in [4.69, 9.17) is 15.2 Å². The molecule has 10 rings (SSSR count). The van der Waals surface area contributed by atoms with Crippen LogP contribution >= 0.6 is 0 Å². The standard InChI is InChI=1S/C31H31F2N3O2.C26H31F2N3O2/c32-21-11-14-29-26(16-21)20(18-34-29)6-5-15-36(23-9-4-10-23)24-17-27-25(12-13-28(33)30(27)38-19-24)31(37)35-22-7-2-1-3-8-22;1-2-3-4-11-31(12-5-6-17-15-30-24-10-7-18(27)13-21(17)24)19-14-22-20(26(29)32)8-9-23(28)25(22)33-16-19/h1-3,7-8,11-14,16,18,23-24,34H,4-6,9-10,15,17,19H2,(H,35,37);7-10,13,15,19,30H,2-6,11-12,14,16H2,1H3,(H2,29,32). The number of anilines is 1. The van der Waals surface area contributed by atoms with E-state index in [9.17, 15) is 27.2 Å². The first-order valence-electron chi connectivity index (χ1n) is 25.1. The molecular formula is C57H62F4N6O4. The minimum absolute atomic E-state index is 0.0367. The number of halogens is 4. The molecule has 2 atom stereocenters. The second kappa shape index (κ2) is 22.6. The summed E-state index contributed by atoms with van der Waals surface area (Å²) in [7, 11) is 0. The Hall–Kier alpha value is -6.64. The van der Waals surface area contributed by atoms with E-state index in [2.05, 4.69) is 32.0 Å². The van der Waals surface area contributed by atoms with Crippen LogP contribution in [0.4, 0.5) is 23.2 Å². The van der Waals surface area contributed by atoms with Crippen molar-refractivity contribution in [2.24, 2.45) is 5.73 Å². The number of para-hydroxylation sites is 1. The smallest absolute Gasteiger partial charge is 0.256 e. The lowest BCUT2D eigenvalue weighted by Gasteiger charge is -2.44. The van der Waals surface area contributed by atoms with Crippen LogP contribution in [0.3, 0.4) is 0 Å². The predicted octanol–water partition coefficient (Wildman–Crippen LogP) is 11.5. The molecule has 5 N–H and O–H groups in total. The summed E-state index contributed by atoms with van der Waals surface area (Å²) in [6.07, 6.45) is 15.2. The van der Waals surface area contributed by atoms with Crippen molar-refractivity contribution in [3.05, 3.63) is 160 Å². The number of hydrogen-bond acceptors (Lipinski definition) is 6. The number of H-pyrrole nitrogens is 2. The number of nitrogens with zero attached hydrogens (tertiary/aromatic N) is 2.